The highest BCUT2D eigenvalue weighted by atomic mass is 19.1. The molecule has 0 aliphatic carbocycles. The fraction of sp³-hybridized carbons (Fsp3) is 0.613. The molecule has 2 aromatic rings. The number of nitrogens with zero attached hydrogens (tertiary/aromatic N) is 3. The summed E-state index contributed by atoms with van der Waals surface area (Å²) in [6.07, 6.45) is 11.0. The van der Waals surface area contributed by atoms with E-state index in [9.17, 15) is 14.3 Å². The maximum absolute atomic E-state index is 14.8. The Bertz CT molecular complexity index is 1110. The van der Waals surface area contributed by atoms with Gasteiger partial charge in [-0.3, -0.25) is 9.69 Å². The Morgan fingerprint density at radius 3 is 2.79 bits per heavy atom. The van der Waals surface area contributed by atoms with Crippen molar-refractivity contribution in [3.05, 3.63) is 53.0 Å². The van der Waals surface area contributed by atoms with Crippen LogP contribution in [-0.2, 0) is 11.2 Å². The quantitative estimate of drug-likeness (QED) is 0.308. The third kappa shape index (κ3) is 7.28. The van der Waals surface area contributed by atoms with E-state index in [1.165, 1.54) is 50.8 Å². The number of fused-ring (bicyclic) bond motifs is 1. The van der Waals surface area contributed by atoms with E-state index in [1.807, 2.05) is 31.0 Å². The summed E-state index contributed by atoms with van der Waals surface area (Å²) in [5.41, 5.74) is 2.51. The molecule has 1 saturated heterocycles. The van der Waals surface area contributed by atoms with Crippen LogP contribution in [0.3, 0.4) is 0 Å². The third-order valence-corrected chi connectivity index (χ3v) is 8.48. The predicted molar refractivity (Wildman–Crippen MR) is 153 cm³/mol. The molecule has 2 N–H and O–H groups in total. The Balaban J connectivity index is 1.23. The van der Waals surface area contributed by atoms with Gasteiger partial charge in [0, 0.05) is 36.9 Å². The van der Waals surface area contributed by atoms with Gasteiger partial charge >= 0.3 is 5.97 Å². The van der Waals surface area contributed by atoms with E-state index in [0.717, 1.165) is 37.2 Å². The minimum atomic E-state index is -0.969. The second-order valence-electron chi connectivity index (χ2n) is 11.5. The van der Waals surface area contributed by atoms with Crippen molar-refractivity contribution >= 4 is 11.8 Å². The molecule has 8 heteroatoms. The first-order valence-electron chi connectivity index (χ1n) is 14.5. The van der Waals surface area contributed by atoms with Crippen LogP contribution in [0.25, 0.3) is 0 Å². The summed E-state index contributed by atoms with van der Waals surface area (Å²) >= 11 is 0. The van der Waals surface area contributed by atoms with Crippen molar-refractivity contribution < 1.29 is 19.0 Å². The molecule has 1 aromatic heterocycles. The van der Waals surface area contributed by atoms with Crippen molar-refractivity contribution in [1.29, 1.82) is 0 Å². The maximum Gasteiger partial charge on any atom is 0.325 e. The molecule has 0 bridgehead atoms. The largest absolute Gasteiger partial charge is 0.493 e. The number of pyridine rings is 1. The molecular weight excluding hydrogens is 495 g/mol. The van der Waals surface area contributed by atoms with Gasteiger partial charge in [0.1, 0.15) is 11.9 Å². The second kappa shape index (κ2) is 13.6. The molecule has 2 aliphatic rings. The standard InChI is InChI=1S/C31H45FN4O3/c1-21(2)23-18-26(29(39-4)27(32)19-23)28(31(37)38)36-17-14-25(20-36)35(3)16-8-6-5-7-11-24-13-12-22-10-9-15-33-30(22)34-24/h9-10,15,18-19,21,24-25,28H,5-8,11-14,16-17,20H2,1-4H3,(H,33,34)(H,37,38)/t24-,25+,28+/m0/s1. The molecule has 0 amide bonds. The number of anilines is 1. The van der Waals surface area contributed by atoms with Gasteiger partial charge in [-0.2, -0.15) is 0 Å². The van der Waals surface area contributed by atoms with Gasteiger partial charge in [-0.05, 0) is 80.9 Å². The average molecular weight is 541 g/mol. The van der Waals surface area contributed by atoms with Crippen molar-refractivity contribution in [2.24, 2.45) is 0 Å². The predicted octanol–water partition coefficient (Wildman–Crippen LogP) is 5.86. The Morgan fingerprint density at radius 2 is 2.05 bits per heavy atom. The lowest BCUT2D eigenvalue weighted by atomic mass is 9.95. The highest BCUT2D eigenvalue weighted by Gasteiger charge is 2.37. The van der Waals surface area contributed by atoms with Gasteiger partial charge in [-0.25, -0.2) is 9.37 Å². The molecule has 4 rings (SSSR count). The molecular formula is C31H45FN4O3. The lowest BCUT2D eigenvalue weighted by Crippen LogP contribution is -2.38. The minimum absolute atomic E-state index is 0.0347. The maximum atomic E-state index is 14.8. The van der Waals surface area contributed by atoms with E-state index < -0.39 is 17.8 Å². The Labute approximate surface area is 232 Å². The van der Waals surface area contributed by atoms with Crippen LogP contribution in [0.1, 0.15) is 87.4 Å². The summed E-state index contributed by atoms with van der Waals surface area (Å²) in [6, 6.07) is 7.31. The van der Waals surface area contributed by atoms with Crippen LogP contribution in [0.2, 0.25) is 0 Å². The number of aromatic nitrogens is 1. The summed E-state index contributed by atoms with van der Waals surface area (Å²) in [5.74, 6) is -0.291. The zero-order valence-electron chi connectivity index (χ0n) is 24.0. The summed E-state index contributed by atoms with van der Waals surface area (Å²) in [4.78, 5) is 21.2. The number of ether oxygens (including phenoxy) is 1. The number of carbonyl (C=O) groups is 1. The molecule has 39 heavy (non-hydrogen) atoms. The number of halogens is 1. The van der Waals surface area contributed by atoms with Gasteiger partial charge < -0.3 is 20.1 Å². The van der Waals surface area contributed by atoms with Gasteiger partial charge in [0.15, 0.2) is 11.6 Å². The highest BCUT2D eigenvalue weighted by molar-refractivity contribution is 5.77. The van der Waals surface area contributed by atoms with E-state index in [2.05, 4.69) is 28.3 Å². The number of aliphatic carboxylic acids is 1. The number of likely N-dealkylation sites (N-methyl/N-ethyl adjacent to an activating group) is 1. The Morgan fingerprint density at radius 1 is 1.26 bits per heavy atom. The van der Waals surface area contributed by atoms with Gasteiger partial charge in [0.2, 0.25) is 0 Å². The fourth-order valence-electron chi connectivity index (χ4n) is 6.11. The molecule has 0 unspecified atom stereocenters. The molecule has 3 atom stereocenters. The van der Waals surface area contributed by atoms with Crippen molar-refractivity contribution in [2.75, 3.05) is 39.1 Å². The van der Waals surface area contributed by atoms with Crippen molar-refractivity contribution in [3.8, 4) is 5.75 Å². The second-order valence-corrected chi connectivity index (χ2v) is 11.5. The molecule has 3 heterocycles. The van der Waals surface area contributed by atoms with Crippen LogP contribution in [-0.4, -0.2) is 71.7 Å². The van der Waals surface area contributed by atoms with Crippen molar-refractivity contribution in [1.82, 2.24) is 14.8 Å². The Hall–Kier alpha value is -2.71. The topological polar surface area (TPSA) is 77.9 Å². The molecule has 2 aliphatic heterocycles. The third-order valence-electron chi connectivity index (χ3n) is 8.48. The van der Waals surface area contributed by atoms with Crippen molar-refractivity contribution in [3.63, 3.8) is 0 Å². The van der Waals surface area contributed by atoms with Crippen LogP contribution < -0.4 is 10.1 Å². The number of carboxylic acid groups (broad SMARTS) is 1. The lowest BCUT2D eigenvalue weighted by Gasteiger charge is -2.29. The first kappa shape index (κ1) is 29.3. The van der Waals surface area contributed by atoms with E-state index in [0.29, 0.717) is 24.7 Å². The number of methoxy groups -OCH3 is 1. The van der Waals surface area contributed by atoms with Gasteiger partial charge in [0.25, 0.3) is 0 Å². The number of carboxylic acids is 1. The normalized spacial score (nSPS) is 20.2. The van der Waals surface area contributed by atoms with E-state index in [1.54, 1.807) is 6.07 Å². The van der Waals surface area contributed by atoms with Crippen LogP contribution in [0, 0.1) is 5.82 Å². The van der Waals surface area contributed by atoms with Gasteiger partial charge in [-0.1, -0.05) is 39.2 Å². The number of likely N-dealkylation sites (tertiary alicyclic amines) is 1. The number of hydrogen-bond donors (Lipinski definition) is 2. The zero-order chi connectivity index (χ0) is 27.9. The highest BCUT2D eigenvalue weighted by Crippen LogP contribution is 2.37. The summed E-state index contributed by atoms with van der Waals surface area (Å²) < 4.78 is 20.2. The number of benzene rings is 1. The number of unbranched alkanes of at least 4 members (excludes halogenated alkanes) is 3. The molecule has 7 nitrogen and oxygen atoms in total. The number of aryl methyl sites for hydroxylation is 1. The zero-order valence-corrected chi connectivity index (χ0v) is 24.0. The molecule has 214 valence electrons. The average Bonchev–Trinajstić information content (AvgIpc) is 3.40. The lowest BCUT2D eigenvalue weighted by molar-refractivity contribution is -0.143. The van der Waals surface area contributed by atoms with Crippen LogP contribution >= 0.6 is 0 Å². The number of rotatable bonds is 13. The summed E-state index contributed by atoms with van der Waals surface area (Å²) in [7, 11) is 3.54. The van der Waals surface area contributed by atoms with Crippen LogP contribution in [0.15, 0.2) is 30.5 Å². The van der Waals surface area contributed by atoms with Crippen LogP contribution in [0.4, 0.5) is 10.2 Å². The summed E-state index contributed by atoms with van der Waals surface area (Å²) in [6.45, 7) is 6.26. The van der Waals surface area contributed by atoms with Crippen LogP contribution in [0.5, 0.6) is 5.75 Å². The minimum Gasteiger partial charge on any atom is -0.493 e. The molecule has 0 radical (unpaired) electrons. The van der Waals surface area contributed by atoms with Gasteiger partial charge in [-0.15, -0.1) is 0 Å². The summed E-state index contributed by atoms with van der Waals surface area (Å²) in [5, 5.41) is 13.8. The monoisotopic (exact) mass is 540 g/mol. The Kier molecular flexibility index (Phi) is 10.2. The SMILES string of the molecule is COc1c(F)cc(C(C)C)cc1[C@H](C(=O)O)N1CC[C@@H](N(C)CCCCCC[C@H]2CCc3cccnc3N2)C1. The smallest absolute Gasteiger partial charge is 0.325 e. The molecule has 1 fully saturated rings. The number of hydrogen-bond acceptors (Lipinski definition) is 6. The van der Waals surface area contributed by atoms with E-state index in [4.69, 9.17) is 4.74 Å². The fourth-order valence-corrected chi connectivity index (χ4v) is 6.11. The number of nitrogens with one attached hydrogen (secondary N) is 1. The molecule has 0 spiro atoms. The first-order chi connectivity index (χ1) is 18.8. The van der Waals surface area contributed by atoms with E-state index >= 15 is 0 Å². The van der Waals surface area contributed by atoms with Gasteiger partial charge in [0.05, 0.1) is 7.11 Å². The molecule has 0 saturated carbocycles. The first-order valence-corrected chi connectivity index (χ1v) is 14.5. The van der Waals surface area contributed by atoms with Crippen molar-refractivity contribution in [2.45, 2.75) is 89.3 Å². The van der Waals surface area contributed by atoms with E-state index in [-0.39, 0.29) is 17.7 Å². The molecule has 1 aromatic carbocycles.